The summed E-state index contributed by atoms with van der Waals surface area (Å²) in [5.41, 5.74) is 10.2. The van der Waals surface area contributed by atoms with Gasteiger partial charge in [0.2, 0.25) is 0 Å². The van der Waals surface area contributed by atoms with Gasteiger partial charge in [0.25, 0.3) is 0 Å². The molecule has 0 amide bonds. The average molecular weight is 486 g/mol. The van der Waals surface area contributed by atoms with Crippen molar-refractivity contribution in [3.63, 3.8) is 0 Å². The van der Waals surface area contributed by atoms with Crippen LogP contribution in [0.25, 0.3) is 66.2 Å². The van der Waals surface area contributed by atoms with Crippen LogP contribution in [-0.2, 0) is 0 Å². The van der Waals surface area contributed by atoms with Gasteiger partial charge in [-0.1, -0.05) is 72.8 Å². The Morgan fingerprint density at radius 1 is 0.395 bits per heavy atom. The number of nitrogens with zero attached hydrogens (tertiary/aromatic N) is 3. The van der Waals surface area contributed by atoms with E-state index in [1.807, 2.05) is 30.7 Å². The molecule has 178 valence electrons. The average Bonchev–Trinajstić information content (AvgIpc) is 3.01. The van der Waals surface area contributed by atoms with Crippen molar-refractivity contribution in [1.82, 2.24) is 15.0 Å². The zero-order valence-electron chi connectivity index (χ0n) is 20.6. The molecule has 0 aliphatic rings. The highest BCUT2D eigenvalue weighted by molar-refractivity contribution is 6.09. The van der Waals surface area contributed by atoms with Crippen LogP contribution in [0.3, 0.4) is 0 Å². The van der Waals surface area contributed by atoms with E-state index in [0.717, 1.165) is 44.3 Å². The summed E-state index contributed by atoms with van der Waals surface area (Å²) in [5.74, 6) is 0. The number of aromatic nitrogens is 3. The second-order valence-corrected chi connectivity index (χ2v) is 9.40. The fourth-order valence-electron chi connectivity index (χ4n) is 5.18. The maximum Gasteiger partial charge on any atom is 0.0786 e. The summed E-state index contributed by atoms with van der Waals surface area (Å²) in [4.78, 5) is 13.4. The summed E-state index contributed by atoms with van der Waals surface area (Å²) >= 11 is 0. The number of benzene rings is 4. The minimum absolute atomic E-state index is 1.04. The van der Waals surface area contributed by atoms with E-state index >= 15 is 0 Å². The maximum atomic E-state index is 4.73. The van der Waals surface area contributed by atoms with E-state index in [4.69, 9.17) is 4.98 Å². The quantitative estimate of drug-likeness (QED) is 0.234. The summed E-state index contributed by atoms with van der Waals surface area (Å²) in [6.07, 6.45) is 9.34. The van der Waals surface area contributed by atoms with Gasteiger partial charge in [0, 0.05) is 52.9 Å². The Kier molecular flexibility index (Phi) is 5.45. The van der Waals surface area contributed by atoms with E-state index in [9.17, 15) is 0 Å². The summed E-state index contributed by atoms with van der Waals surface area (Å²) in [6, 6.07) is 38.6. The Morgan fingerprint density at radius 3 is 1.68 bits per heavy atom. The molecule has 38 heavy (non-hydrogen) atoms. The predicted octanol–water partition coefficient (Wildman–Crippen LogP) is 8.85. The van der Waals surface area contributed by atoms with Crippen molar-refractivity contribution >= 4 is 21.7 Å². The topological polar surface area (TPSA) is 38.7 Å². The lowest BCUT2D eigenvalue weighted by molar-refractivity contribution is 1.32. The van der Waals surface area contributed by atoms with Crippen LogP contribution in [0.4, 0.5) is 0 Å². The third-order valence-corrected chi connectivity index (χ3v) is 7.09. The molecule has 0 N–H and O–H groups in total. The van der Waals surface area contributed by atoms with Gasteiger partial charge in [-0.05, 0) is 75.2 Å². The molecule has 3 heterocycles. The van der Waals surface area contributed by atoms with Crippen molar-refractivity contribution in [3.05, 3.63) is 140 Å². The molecule has 0 saturated carbocycles. The Balaban J connectivity index is 1.33. The third-order valence-electron chi connectivity index (χ3n) is 7.09. The van der Waals surface area contributed by atoms with Crippen LogP contribution in [0.1, 0.15) is 0 Å². The highest BCUT2D eigenvalue weighted by Crippen LogP contribution is 2.35. The van der Waals surface area contributed by atoms with Crippen molar-refractivity contribution in [1.29, 1.82) is 0 Å². The van der Waals surface area contributed by atoms with E-state index in [1.54, 1.807) is 12.4 Å². The molecule has 0 spiro atoms. The SMILES string of the molecule is c1cncc(-c2cc(-c3ccc(-c4ccnc5c4ccc4ccccc45)cc3)cc(-c3cccnc3)c2)c1. The van der Waals surface area contributed by atoms with Crippen LogP contribution in [0.15, 0.2) is 140 Å². The molecule has 3 nitrogen and oxygen atoms in total. The first-order chi connectivity index (χ1) is 18.8. The highest BCUT2D eigenvalue weighted by atomic mass is 14.7. The molecule has 0 saturated heterocycles. The van der Waals surface area contributed by atoms with Crippen LogP contribution >= 0.6 is 0 Å². The number of hydrogen-bond donors (Lipinski definition) is 0. The van der Waals surface area contributed by atoms with Gasteiger partial charge < -0.3 is 0 Å². The summed E-state index contributed by atoms with van der Waals surface area (Å²) in [7, 11) is 0. The minimum atomic E-state index is 1.04. The number of fused-ring (bicyclic) bond motifs is 3. The van der Waals surface area contributed by atoms with Gasteiger partial charge in [0.15, 0.2) is 0 Å². The molecular weight excluding hydrogens is 462 g/mol. The summed E-state index contributed by atoms with van der Waals surface area (Å²) in [6.45, 7) is 0. The first kappa shape index (κ1) is 22.1. The van der Waals surface area contributed by atoms with Crippen molar-refractivity contribution in [2.24, 2.45) is 0 Å². The van der Waals surface area contributed by atoms with Crippen molar-refractivity contribution in [2.75, 3.05) is 0 Å². The van der Waals surface area contributed by atoms with Gasteiger partial charge in [0.05, 0.1) is 5.52 Å². The fraction of sp³-hybridized carbons (Fsp3) is 0. The van der Waals surface area contributed by atoms with Gasteiger partial charge in [-0.2, -0.15) is 0 Å². The molecule has 0 aliphatic heterocycles. The molecule has 7 rings (SSSR count). The first-order valence-corrected chi connectivity index (χ1v) is 12.7. The van der Waals surface area contributed by atoms with Gasteiger partial charge >= 0.3 is 0 Å². The van der Waals surface area contributed by atoms with Crippen molar-refractivity contribution in [2.45, 2.75) is 0 Å². The molecule has 3 aromatic heterocycles. The predicted molar refractivity (Wildman–Crippen MR) is 157 cm³/mol. The number of hydrogen-bond acceptors (Lipinski definition) is 3. The molecule has 0 atom stereocenters. The third kappa shape index (κ3) is 4.00. The maximum absolute atomic E-state index is 4.73. The van der Waals surface area contributed by atoms with E-state index in [0.29, 0.717) is 0 Å². The molecule has 4 aromatic carbocycles. The van der Waals surface area contributed by atoms with Crippen LogP contribution < -0.4 is 0 Å². The molecule has 0 fully saturated rings. The lowest BCUT2D eigenvalue weighted by Gasteiger charge is -2.12. The van der Waals surface area contributed by atoms with Crippen LogP contribution in [0.5, 0.6) is 0 Å². The summed E-state index contributed by atoms with van der Waals surface area (Å²) in [5, 5.41) is 3.55. The van der Waals surface area contributed by atoms with Crippen LogP contribution in [-0.4, -0.2) is 15.0 Å². The van der Waals surface area contributed by atoms with E-state index < -0.39 is 0 Å². The molecular formula is C35H23N3. The smallest absolute Gasteiger partial charge is 0.0786 e. The molecule has 3 heteroatoms. The molecule has 0 bridgehead atoms. The first-order valence-electron chi connectivity index (χ1n) is 12.7. The van der Waals surface area contributed by atoms with Gasteiger partial charge in [-0.3, -0.25) is 15.0 Å². The monoisotopic (exact) mass is 485 g/mol. The van der Waals surface area contributed by atoms with E-state index in [2.05, 4.69) is 107 Å². The zero-order chi connectivity index (χ0) is 25.3. The Morgan fingerprint density at radius 2 is 1.03 bits per heavy atom. The van der Waals surface area contributed by atoms with Crippen LogP contribution in [0.2, 0.25) is 0 Å². The normalized spacial score (nSPS) is 11.2. The highest BCUT2D eigenvalue weighted by Gasteiger charge is 2.10. The zero-order valence-corrected chi connectivity index (χ0v) is 20.6. The second-order valence-electron chi connectivity index (χ2n) is 9.40. The minimum Gasteiger partial charge on any atom is -0.264 e. The van der Waals surface area contributed by atoms with Gasteiger partial charge in [-0.15, -0.1) is 0 Å². The fourth-order valence-corrected chi connectivity index (χ4v) is 5.18. The standard InChI is InChI=1S/C35H23N3/c1-2-8-33-25(5-1)13-14-34-32(15-18-38-35(33)34)26-11-9-24(10-12-26)29-19-30(27-6-3-16-36-22-27)21-31(20-29)28-7-4-17-37-23-28/h1-23H. The van der Waals surface area contributed by atoms with Gasteiger partial charge in [0.1, 0.15) is 0 Å². The van der Waals surface area contributed by atoms with Crippen molar-refractivity contribution < 1.29 is 0 Å². The molecule has 0 unspecified atom stereocenters. The Bertz CT molecular complexity index is 1840. The molecule has 0 aliphatic carbocycles. The lowest BCUT2D eigenvalue weighted by atomic mass is 9.93. The van der Waals surface area contributed by atoms with E-state index in [-0.39, 0.29) is 0 Å². The van der Waals surface area contributed by atoms with Crippen molar-refractivity contribution in [3.8, 4) is 44.5 Å². The number of pyridine rings is 3. The molecule has 7 aromatic rings. The Labute approximate surface area is 221 Å². The largest absolute Gasteiger partial charge is 0.264 e. The summed E-state index contributed by atoms with van der Waals surface area (Å²) < 4.78 is 0. The second kappa shape index (κ2) is 9.38. The molecule has 0 radical (unpaired) electrons. The van der Waals surface area contributed by atoms with Gasteiger partial charge in [-0.25, -0.2) is 0 Å². The van der Waals surface area contributed by atoms with Crippen LogP contribution in [0, 0.1) is 0 Å². The van der Waals surface area contributed by atoms with E-state index in [1.165, 1.54) is 21.9 Å². The number of rotatable bonds is 4. The Hall–Kier alpha value is -5.15. The lowest BCUT2D eigenvalue weighted by Crippen LogP contribution is -1.88.